The standard InChI is InChI=1S/C30H34Br2N2O3/c1-20-15-25(16-21(2)28(20)32)37-19-27(35)34(18-23-11-13-24(31)14-12-23)26(29(36)33-30(3,4)5)17-22-9-7-6-8-10-22/h6-16,26H,17-19H2,1-5H3,(H,33,36)/t26-/m1/s1. The molecule has 37 heavy (non-hydrogen) atoms. The molecule has 0 saturated heterocycles. The normalized spacial score (nSPS) is 12.1. The molecular formula is C30H34Br2N2O3. The molecule has 7 heteroatoms. The van der Waals surface area contributed by atoms with E-state index < -0.39 is 11.6 Å². The minimum atomic E-state index is -0.713. The molecule has 2 amide bonds. The lowest BCUT2D eigenvalue weighted by molar-refractivity contribution is -0.143. The van der Waals surface area contributed by atoms with Gasteiger partial charge in [-0.05, 0) is 81.1 Å². The van der Waals surface area contributed by atoms with Crippen molar-refractivity contribution in [2.45, 2.75) is 59.2 Å². The summed E-state index contributed by atoms with van der Waals surface area (Å²) in [5, 5.41) is 3.08. The van der Waals surface area contributed by atoms with Crippen molar-refractivity contribution >= 4 is 43.7 Å². The molecule has 0 aliphatic carbocycles. The third kappa shape index (κ3) is 8.71. The smallest absolute Gasteiger partial charge is 0.261 e. The van der Waals surface area contributed by atoms with Gasteiger partial charge in [0.25, 0.3) is 5.91 Å². The first-order valence-electron chi connectivity index (χ1n) is 12.2. The topological polar surface area (TPSA) is 58.6 Å². The molecule has 196 valence electrons. The summed E-state index contributed by atoms with van der Waals surface area (Å²) >= 11 is 7.04. The second-order valence-electron chi connectivity index (χ2n) is 10.3. The second kappa shape index (κ2) is 12.7. The number of benzene rings is 3. The zero-order valence-electron chi connectivity index (χ0n) is 22.0. The van der Waals surface area contributed by atoms with Crippen LogP contribution in [0.25, 0.3) is 0 Å². The number of hydrogen-bond acceptors (Lipinski definition) is 3. The highest BCUT2D eigenvalue weighted by Gasteiger charge is 2.32. The maximum atomic E-state index is 13.7. The van der Waals surface area contributed by atoms with Gasteiger partial charge in [-0.25, -0.2) is 0 Å². The third-order valence-electron chi connectivity index (χ3n) is 5.81. The monoisotopic (exact) mass is 628 g/mol. The highest BCUT2D eigenvalue weighted by molar-refractivity contribution is 9.10. The second-order valence-corrected chi connectivity index (χ2v) is 12.0. The van der Waals surface area contributed by atoms with Gasteiger partial charge in [0.15, 0.2) is 6.61 Å². The Morgan fingerprint density at radius 3 is 2.08 bits per heavy atom. The Labute approximate surface area is 236 Å². The molecule has 3 aromatic carbocycles. The van der Waals surface area contributed by atoms with Crippen LogP contribution in [0.4, 0.5) is 0 Å². The van der Waals surface area contributed by atoms with Crippen LogP contribution in [0, 0.1) is 13.8 Å². The van der Waals surface area contributed by atoms with Crippen LogP contribution >= 0.6 is 31.9 Å². The summed E-state index contributed by atoms with van der Waals surface area (Å²) in [6.45, 7) is 9.89. The Kier molecular flexibility index (Phi) is 9.96. The van der Waals surface area contributed by atoms with Crippen LogP contribution in [0.5, 0.6) is 5.75 Å². The van der Waals surface area contributed by atoms with Gasteiger partial charge in [0.1, 0.15) is 11.8 Å². The van der Waals surface area contributed by atoms with Crippen LogP contribution in [-0.4, -0.2) is 34.9 Å². The molecule has 0 unspecified atom stereocenters. The fourth-order valence-corrected chi connectivity index (χ4v) is 4.50. The van der Waals surface area contributed by atoms with Gasteiger partial charge in [0.2, 0.25) is 5.91 Å². The van der Waals surface area contributed by atoms with Gasteiger partial charge in [-0.2, -0.15) is 0 Å². The van der Waals surface area contributed by atoms with E-state index in [4.69, 9.17) is 4.74 Å². The minimum Gasteiger partial charge on any atom is -0.484 e. The average molecular weight is 630 g/mol. The van der Waals surface area contributed by atoms with E-state index in [1.807, 2.05) is 101 Å². The summed E-state index contributed by atoms with van der Waals surface area (Å²) in [5.74, 6) is 0.164. The fraction of sp³-hybridized carbons (Fsp3) is 0.333. The SMILES string of the molecule is Cc1cc(OCC(=O)N(Cc2ccc(Br)cc2)[C@H](Cc2ccccc2)C(=O)NC(C)(C)C)cc(C)c1Br. The van der Waals surface area contributed by atoms with Gasteiger partial charge >= 0.3 is 0 Å². The zero-order valence-corrected chi connectivity index (χ0v) is 25.1. The third-order valence-corrected chi connectivity index (χ3v) is 7.59. The first kappa shape index (κ1) is 28.9. The van der Waals surface area contributed by atoms with Crippen LogP contribution in [0.15, 0.2) is 75.7 Å². The lowest BCUT2D eigenvalue weighted by atomic mass is 10.0. The molecule has 0 bridgehead atoms. The maximum Gasteiger partial charge on any atom is 0.261 e. The van der Waals surface area contributed by atoms with Gasteiger partial charge in [-0.3, -0.25) is 9.59 Å². The Balaban J connectivity index is 1.94. The van der Waals surface area contributed by atoms with Gasteiger partial charge < -0.3 is 15.0 Å². The first-order valence-corrected chi connectivity index (χ1v) is 13.8. The maximum absolute atomic E-state index is 13.7. The molecule has 0 spiro atoms. The zero-order chi connectivity index (χ0) is 27.2. The van der Waals surface area contributed by atoms with E-state index in [0.29, 0.717) is 12.2 Å². The van der Waals surface area contributed by atoms with Crippen LogP contribution in [-0.2, 0) is 22.6 Å². The quantitative estimate of drug-likeness (QED) is 0.284. The number of halogens is 2. The summed E-state index contributed by atoms with van der Waals surface area (Å²) in [4.78, 5) is 29.0. The van der Waals surface area contributed by atoms with E-state index in [1.54, 1.807) is 4.90 Å². The Morgan fingerprint density at radius 1 is 0.919 bits per heavy atom. The van der Waals surface area contributed by atoms with Crippen molar-refractivity contribution in [3.63, 3.8) is 0 Å². The molecule has 0 radical (unpaired) electrons. The van der Waals surface area contributed by atoms with Gasteiger partial charge in [0, 0.05) is 27.4 Å². The highest BCUT2D eigenvalue weighted by atomic mass is 79.9. The predicted molar refractivity (Wildman–Crippen MR) is 156 cm³/mol. The molecule has 0 aromatic heterocycles. The largest absolute Gasteiger partial charge is 0.484 e. The molecule has 5 nitrogen and oxygen atoms in total. The van der Waals surface area contributed by atoms with Crippen molar-refractivity contribution in [3.05, 3.63) is 97.9 Å². The molecule has 3 aromatic rings. The van der Waals surface area contributed by atoms with Crippen LogP contribution in [0.3, 0.4) is 0 Å². The molecule has 1 atom stereocenters. The number of amides is 2. The summed E-state index contributed by atoms with van der Waals surface area (Å²) < 4.78 is 7.92. The number of aryl methyl sites for hydroxylation is 2. The number of carbonyl (C=O) groups excluding carboxylic acids is 2. The van der Waals surface area contributed by atoms with E-state index in [2.05, 4.69) is 37.2 Å². The number of carbonyl (C=O) groups is 2. The molecular weight excluding hydrogens is 596 g/mol. The Bertz CT molecular complexity index is 1200. The summed E-state index contributed by atoms with van der Waals surface area (Å²) in [7, 11) is 0. The molecule has 1 N–H and O–H groups in total. The summed E-state index contributed by atoms with van der Waals surface area (Å²) in [5.41, 5.74) is 3.52. The fourth-order valence-electron chi connectivity index (χ4n) is 4.01. The minimum absolute atomic E-state index is 0.175. The van der Waals surface area contributed by atoms with Gasteiger partial charge in [-0.15, -0.1) is 0 Å². The Morgan fingerprint density at radius 2 is 1.51 bits per heavy atom. The lowest BCUT2D eigenvalue weighted by Crippen LogP contribution is -2.55. The van der Waals surface area contributed by atoms with E-state index >= 15 is 0 Å². The van der Waals surface area contributed by atoms with Crippen LogP contribution in [0.2, 0.25) is 0 Å². The van der Waals surface area contributed by atoms with Crippen LogP contribution in [0.1, 0.15) is 43.0 Å². The van der Waals surface area contributed by atoms with Gasteiger partial charge in [-0.1, -0.05) is 74.3 Å². The number of rotatable bonds is 9. The van der Waals surface area contributed by atoms with E-state index in [0.717, 1.165) is 31.2 Å². The molecule has 0 aliphatic heterocycles. The number of nitrogens with one attached hydrogen (secondary N) is 1. The molecule has 3 rings (SSSR count). The van der Waals surface area contributed by atoms with Crippen molar-refractivity contribution in [2.75, 3.05) is 6.61 Å². The van der Waals surface area contributed by atoms with Crippen molar-refractivity contribution in [3.8, 4) is 5.75 Å². The number of nitrogens with zero attached hydrogens (tertiary/aromatic N) is 1. The predicted octanol–water partition coefficient (Wildman–Crippen LogP) is 6.76. The summed E-state index contributed by atoms with van der Waals surface area (Å²) in [6, 6.07) is 20.6. The van der Waals surface area contributed by atoms with Crippen molar-refractivity contribution < 1.29 is 14.3 Å². The van der Waals surface area contributed by atoms with E-state index in [-0.39, 0.29) is 25.0 Å². The first-order chi connectivity index (χ1) is 17.4. The van der Waals surface area contributed by atoms with Crippen molar-refractivity contribution in [1.82, 2.24) is 10.2 Å². The molecule has 0 heterocycles. The molecule has 0 aliphatic rings. The van der Waals surface area contributed by atoms with Gasteiger partial charge in [0.05, 0.1) is 0 Å². The molecule has 0 saturated carbocycles. The highest BCUT2D eigenvalue weighted by Crippen LogP contribution is 2.26. The van der Waals surface area contributed by atoms with E-state index in [1.165, 1.54) is 0 Å². The number of hydrogen-bond donors (Lipinski definition) is 1. The van der Waals surface area contributed by atoms with Crippen molar-refractivity contribution in [1.29, 1.82) is 0 Å². The average Bonchev–Trinajstić information content (AvgIpc) is 2.83. The lowest BCUT2D eigenvalue weighted by Gasteiger charge is -2.33. The van der Waals surface area contributed by atoms with E-state index in [9.17, 15) is 9.59 Å². The Hall–Kier alpha value is -2.64. The van der Waals surface area contributed by atoms with Crippen molar-refractivity contribution in [2.24, 2.45) is 0 Å². The number of ether oxygens (including phenoxy) is 1. The molecule has 0 fully saturated rings. The van der Waals surface area contributed by atoms with Crippen LogP contribution < -0.4 is 10.1 Å². The summed E-state index contributed by atoms with van der Waals surface area (Å²) in [6.07, 6.45) is 0.390.